The van der Waals surface area contributed by atoms with Crippen molar-refractivity contribution in [2.75, 3.05) is 12.1 Å². The monoisotopic (exact) mass is 476 g/mol. The van der Waals surface area contributed by atoms with Crippen LogP contribution in [-0.2, 0) is 25.4 Å². The number of anilines is 1. The number of hydrogen-bond donors (Lipinski definition) is 2. The molecule has 178 valence electrons. The highest BCUT2D eigenvalue weighted by molar-refractivity contribution is 7.57. The van der Waals surface area contributed by atoms with Gasteiger partial charge in [0, 0.05) is 0 Å². The highest BCUT2D eigenvalue weighted by atomic mass is 31.2. The van der Waals surface area contributed by atoms with Gasteiger partial charge in [-0.2, -0.15) is 0 Å². The number of para-hydroxylation sites is 1. The van der Waals surface area contributed by atoms with Crippen molar-refractivity contribution < 1.29 is 23.4 Å². The number of benzene rings is 1. The molecule has 0 saturated carbocycles. The molecule has 0 fully saturated rings. The highest BCUT2D eigenvalue weighted by Gasteiger charge is 2.32. The Morgan fingerprint density at radius 3 is 2.58 bits per heavy atom. The lowest BCUT2D eigenvalue weighted by Crippen LogP contribution is -2.37. The quantitative estimate of drug-likeness (QED) is 0.313. The summed E-state index contributed by atoms with van der Waals surface area (Å²) in [6.45, 7) is 7.25. The number of esters is 1. The Kier molecular flexibility index (Phi) is 8.01. The van der Waals surface area contributed by atoms with Gasteiger partial charge >= 0.3 is 13.5 Å². The molecule has 0 amide bonds. The largest absolute Gasteiger partial charge is 0.462 e. The van der Waals surface area contributed by atoms with Crippen LogP contribution in [0.2, 0.25) is 0 Å². The van der Waals surface area contributed by atoms with E-state index in [1.165, 1.54) is 6.33 Å². The molecule has 3 aromatic rings. The molecule has 0 radical (unpaired) electrons. The Morgan fingerprint density at radius 1 is 1.15 bits per heavy atom. The van der Waals surface area contributed by atoms with E-state index < -0.39 is 19.5 Å². The first-order chi connectivity index (χ1) is 15.7. The highest BCUT2D eigenvalue weighted by Crippen LogP contribution is 2.44. The van der Waals surface area contributed by atoms with Gasteiger partial charge in [0.05, 0.1) is 25.1 Å². The summed E-state index contributed by atoms with van der Waals surface area (Å²) in [4.78, 5) is 24.6. The molecule has 2 aromatic heterocycles. The second kappa shape index (κ2) is 10.7. The molecule has 2 heterocycles. The molecular weight excluding hydrogens is 447 g/mol. The van der Waals surface area contributed by atoms with Gasteiger partial charge < -0.3 is 24.3 Å². The third kappa shape index (κ3) is 6.74. The van der Waals surface area contributed by atoms with Gasteiger partial charge in [0.1, 0.15) is 30.0 Å². The van der Waals surface area contributed by atoms with E-state index >= 15 is 0 Å². The van der Waals surface area contributed by atoms with Crippen molar-refractivity contribution in [2.24, 2.45) is 0 Å². The van der Waals surface area contributed by atoms with E-state index in [9.17, 15) is 9.36 Å². The third-order valence-corrected chi connectivity index (χ3v) is 6.28. The fourth-order valence-electron chi connectivity index (χ4n) is 3.01. The van der Waals surface area contributed by atoms with E-state index in [2.05, 4.69) is 20.0 Å². The first kappa shape index (κ1) is 24.6. The number of hydrogen-bond acceptors (Lipinski definition) is 9. The summed E-state index contributed by atoms with van der Waals surface area (Å²) in [6.07, 6.45) is 2.01. The van der Waals surface area contributed by atoms with E-state index in [1.54, 1.807) is 55.9 Å². The Balaban J connectivity index is 1.70. The molecule has 1 aromatic carbocycles. The molecule has 3 N–H and O–H groups in total. The van der Waals surface area contributed by atoms with Crippen LogP contribution >= 0.6 is 7.52 Å². The van der Waals surface area contributed by atoms with Gasteiger partial charge in [-0.1, -0.05) is 18.2 Å². The minimum atomic E-state index is -3.64. The first-order valence-corrected chi connectivity index (χ1v) is 12.3. The number of rotatable bonds is 11. The van der Waals surface area contributed by atoms with Gasteiger partial charge in [-0.05, 0) is 39.8 Å². The summed E-state index contributed by atoms with van der Waals surface area (Å²) in [6, 6.07) is 7.83. The predicted octanol–water partition coefficient (Wildman–Crippen LogP) is 2.97. The molecule has 11 nitrogen and oxygen atoms in total. The van der Waals surface area contributed by atoms with Crippen LogP contribution < -0.4 is 15.3 Å². The number of fused-ring (bicyclic) bond motifs is 1. The van der Waals surface area contributed by atoms with Gasteiger partial charge in [0.25, 0.3) is 0 Å². The number of imidazole rings is 1. The number of nitrogens with one attached hydrogen (secondary N) is 1. The SMILES string of the molecule is CC(C)OC(=O)[C@H](C)N[P@@](=O)(COC(C)Cn1cnc2c(N)ncnc21)Oc1ccccc1. The van der Waals surface area contributed by atoms with Gasteiger partial charge in [-0.3, -0.25) is 9.36 Å². The van der Waals surface area contributed by atoms with Crippen molar-refractivity contribution in [1.29, 1.82) is 0 Å². The topological polar surface area (TPSA) is 143 Å². The zero-order valence-corrected chi connectivity index (χ0v) is 19.9. The number of nitrogens with zero attached hydrogens (tertiary/aromatic N) is 4. The molecule has 12 heteroatoms. The van der Waals surface area contributed by atoms with Crippen molar-refractivity contribution in [2.45, 2.75) is 52.5 Å². The van der Waals surface area contributed by atoms with Crippen LogP contribution in [0.3, 0.4) is 0 Å². The maximum absolute atomic E-state index is 13.6. The summed E-state index contributed by atoms with van der Waals surface area (Å²) in [5, 5.41) is 2.78. The maximum Gasteiger partial charge on any atom is 0.342 e. The van der Waals surface area contributed by atoms with Crippen molar-refractivity contribution in [3.63, 3.8) is 0 Å². The number of nitrogen functional groups attached to an aromatic ring is 1. The lowest BCUT2D eigenvalue weighted by atomic mass is 10.3. The van der Waals surface area contributed by atoms with E-state index in [0.29, 0.717) is 29.3 Å². The van der Waals surface area contributed by atoms with E-state index in [4.69, 9.17) is 19.7 Å². The Hall–Kier alpha value is -3.01. The van der Waals surface area contributed by atoms with Crippen LogP contribution in [-0.4, -0.2) is 50.1 Å². The Labute approximate surface area is 192 Å². The molecule has 0 spiro atoms. The number of aromatic nitrogens is 4. The molecular formula is C21H29N6O5P. The van der Waals surface area contributed by atoms with Crippen LogP contribution in [0, 0.1) is 0 Å². The molecule has 0 saturated heterocycles. The zero-order valence-electron chi connectivity index (χ0n) is 19.0. The minimum Gasteiger partial charge on any atom is -0.462 e. The van der Waals surface area contributed by atoms with Crippen molar-refractivity contribution in [1.82, 2.24) is 24.6 Å². The molecule has 3 atom stereocenters. The second-order valence-electron chi connectivity index (χ2n) is 7.85. The van der Waals surface area contributed by atoms with Gasteiger partial charge in [-0.25, -0.2) is 20.0 Å². The molecule has 3 rings (SSSR count). The molecule has 33 heavy (non-hydrogen) atoms. The average Bonchev–Trinajstić information content (AvgIpc) is 3.16. The number of nitrogens with two attached hydrogens (primary N) is 1. The Bertz CT molecular complexity index is 1120. The summed E-state index contributed by atoms with van der Waals surface area (Å²) >= 11 is 0. The molecule has 0 aliphatic heterocycles. The van der Waals surface area contributed by atoms with E-state index in [1.807, 2.05) is 13.0 Å². The molecule has 0 aliphatic carbocycles. The Morgan fingerprint density at radius 2 is 1.88 bits per heavy atom. The van der Waals surface area contributed by atoms with E-state index in [-0.39, 0.29) is 18.6 Å². The van der Waals surface area contributed by atoms with Crippen LogP contribution in [0.4, 0.5) is 5.82 Å². The number of ether oxygens (including phenoxy) is 2. The summed E-state index contributed by atoms with van der Waals surface area (Å²) in [5.74, 6) is 0.151. The van der Waals surface area contributed by atoms with Gasteiger partial charge in [0.15, 0.2) is 11.5 Å². The van der Waals surface area contributed by atoms with Crippen molar-refractivity contribution in [3.8, 4) is 5.75 Å². The first-order valence-electron chi connectivity index (χ1n) is 10.5. The fourth-order valence-corrected chi connectivity index (χ4v) is 4.80. The zero-order chi connectivity index (χ0) is 24.0. The molecule has 1 unspecified atom stereocenters. The summed E-state index contributed by atoms with van der Waals surface area (Å²) in [5.41, 5.74) is 6.91. The maximum atomic E-state index is 13.6. The lowest BCUT2D eigenvalue weighted by Gasteiger charge is -2.25. The van der Waals surface area contributed by atoms with Crippen molar-refractivity contribution >= 4 is 30.5 Å². The standard InChI is InChI=1S/C21H29N6O5P/c1-14(2)31-21(28)16(4)26-33(29,32-17-8-6-5-7-9-17)13-30-15(3)10-27-12-25-18-19(22)23-11-24-20(18)27/h5-9,11-12,14-16H,10,13H2,1-4H3,(H,26,29)(H2,22,23,24)/t15?,16-,33+/m0/s1. The fraction of sp³-hybridized carbons (Fsp3) is 0.429. The van der Waals surface area contributed by atoms with Gasteiger partial charge in [-0.15, -0.1) is 0 Å². The van der Waals surface area contributed by atoms with E-state index in [0.717, 1.165) is 0 Å². The predicted molar refractivity (Wildman–Crippen MR) is 124 cm³/mol. The molecule has 0 bridgehead atoms. The van der Waals surface area contributed by atoms with Crippen LogP contribution in [0.25, 0.3) is 11.2 Å². The second-order valence-corrected chi connectivity index (χ2v) is 9.89. The summed E-state index contributed by atoms with van der Waals surface area (Å²) < 4.78 is 32.2. The lowest BCUT2D eigenvalue weighted by molar-refractivity contribution is -0.149. The third-order valence-electron chi connectivity index (χ3n) is 4.50. The summed E-state index contributed by atoms with van der Waals surface area (Å²) in [7, 11) is -3.64. The van der Waals surface area contributed by atoms with Crippen LogP contribution in [0.15, 0.2) is 43.0 Å². The smallest absolute Gasteiger partial charge is 0.342 e. The number of carbonyl (C=O) groups excluding carboxylic acids is 1. The normalized spacial score (nSPS) is 15.2. The van der Waals surface area contributed by atoms with Gasteiger partial charge in [0.2, 0.25) is 0 Å². The van der Waals surface area contributed by atoms with Crippen LogP contribution in [0.5, 0.6) is 5.75 Å². The molecule has 0 aliphatic rings. The minimum absolute atomic E-state index is 0.272. The number of carbonyl (C=O) groups is 1. The van der Waals surface area contributed by atoms with Crippen LogP contribution in [0.1, 0.15) is 27.7 Å². The average molecular weight is 476 g/mol. The van der Waals surface area contributed by atoms with Crippen molar-refractivity contribution in [3.05, 3.63) is 43.0 Å².